The van der Waals surface area contributed by atoms with Crippen LogP contribution in [0.1, 0.15) is 13.8 Å². The van der Waals surface area contributed by atoms with E-state index in [0.717, 1.165) is 13.1 Å². The van der Waals surface area contributed by atoms with E-state index in [1.54, 1.807) is 18.2 Å². The Bertz CT molecular complexity index is 443. The second-order valence-corrected chi connectivity index (χ2v) is 5.12. The first-order valence-electron chi connectivity index (χ1n) is 6.58. The highest BCUT2D eigenvalue weighted by molar-refractivity contribution is 5.91. The number of ether oxygens (including phenoxy) is 1. The van der Waals surface area contributed by atoms with Crippen molar-refractivity contribution in [1.82, 2.24) is 0 Å². The lowest BCUT2D eigenvalue weighted by molar-refractivity contribution is -0.907. The molecule has 104 valence electrons. The summed E-state index contributed by atoms with van der Waals surface area (Å²) in [5, 5.41) is 2.61. The van der Waals surface area contributed by atoms with Crippen LogP contribution in [0, 0.1) is 5.82 Å². The molecule has 2 N–H and O–H groups in total. The molecule has 1 aromatic carbocycles. The molecule has 1 aliphatic rings. The molecular weight excluding hydrogens is 247 g/mol. The van der Waals surface area contributed by atoms with Crippen molar-refractivity contribution in [2.24, 2.45) is 0 Å². The molecule has 0 bridgehead atoms. The summed E-state index contributed by atoms with van der Waals surface area (Å²) in [5.41, 5.74) is 0.237. The number of amides is 1. The molecular formula is C14H20FN2O2+. The van der Waals surface area contributed by atoms with Crippen molar-refractivity contribution >= 4 is 11.6 Å². The molecule has 1 fully saturated rings. The lowest BCUT2D eigenvalue weighted by Crippen LogP contribution is -3.16. The van der Waals surface area contributed by atoms with Crippen molar-refractivity contribution in [1.29, 1.82) is 0 Å². The molecule has 1 saturated heterocycles. The smallest absolute Gasteiger partial charge is 0.279 e. The third-order valence-electron chi connectivity index (χ3n) is 3.18. The van der Waals surface area contributed by atoms with Crippen LogP contribution < -0.4 is 10.2 Å². The average molecular weight is 267 g/mol. The molecule has 0 spiro atoms. The van der Waals surface area contributed by atoms with E-state index in [0.29, 0.717) is 6.54 Å². The fourth-order valence-corrected chi connectivity index (χ4v) is 2.52. The number of para-hydroxylation sites is 1. The third kappa shape index (κ3) is 4.01. The first-order valence-corrected chi connectivity index (χ1v) is 6.58. The standard InChI is InChI=1S/C14H19FN2O2/c1-10-7-17(8-11(2)19-10)9-14(18)16-13-6-4-3-5-12(13)15/h3-6,10-11H,7-9H2,1-2H3,(H,16,18)/p+1/t10-,11-/m0/s1. The van der Waals surface area contributed by atoms with Gasteiger partial charge in [0.15, 0.2) is 6.54 Å². The maximum absolute atomic E-state index is 13.4. The molecule has 0 aliphatic carbocycles. The minimum Gasteiger partial charge on any atom is -0.364 e. The van der Waals surface area contributed by atoms with Gasteiger partial charge in [-0.3, -0.25) is 4.79 Å². The second-order valence-electron chi connectivity index (χ2n) is 5.12. The topological polar surface area (TPSA) is 42.8 Å². The van der Waals surface area contributed by atoms with E-state index >= 15 is 0 Å². The van der Waals surface area contributed by atoms with Gasteiger partial charge in [-0.15, -0.1) is 0 Å². The Morgan fingerprint density at radius 1 is 1.37 bits per heavy atom. The van der Waals surface area contributed by atoms with Gasteiger partial charge in [-0.2, -0.15) is 0 Å². The van der Waals surface area contributed by atoms with Gasteiger partial charge in [-0.05, 0) is 26.0 Å². The summed E-state index contributed by atoms with van der Waals surface area (Å²) in [7, 11) is 0. The molecule has 0 unspecified atom stereocenters. The SMILES string of the molecule is C[C@H]1C[NH+](CC(=O)Nc2ccccc2F)C[C@H](C)O1. The summed E-state index contributed by atoms with van der Waals surface area (Å²) >= 11 is 0. The van der Waals surface area contributed by atoms with Crippen LogP contribution in [0.25, 0.3) is 0 Å². The molecule has 4 nitrogen and oxygen atoms in total. The van der Waals surface area contributed by atoms with E-state index in [9.17, 15) is 9.18 Å². The summed E-state index contributed by atoms with van der Waals surface area (Å²) in [6.07, 6.45) is 0.306. The van der Waals surface area contributed by atoms with Crippen molar-refractivity contribution in [2.45, 2.75) is 26.1 Å². The fourth-order valence-electron chi connectivity index (χ4n) is 2.52. The van der Waals surface area contributed by atoms with Gasteiger partial charge in [0.05, 0.1) is 5.69 Å². The molecule has 1 amide bonds. The summed E-state index contributed by atoms with van der Waals surface area (Å²) in [6.45, 7) is 5.95. The maximum Gasteiger partial charge on any atom is 0.279 e. The van der Waals surface area contributed by atoms with Crippen LogP contribution in [0.3, 0.4) is 0 Å². The van der Waals surface area contributed by atoms with Gasteiger partial charge in [0.25, 0.3) is 5.91 Å². The Morgan fingerprint density at radius 3 is 2.63 bits per heavy atom. The number of nitrogens with one attached hydrogen (secondary N) is 2. The zero-order valence-corrected chi connectivity index (χ0v) is 11.3. The van der Waals surface area contributed by atoms with Gasteiger partial charge in [0.1, 0.15) is 31.1 Å². The second kappa shape index (κ2) is 6.12. The summed E-state index contributed by atoms with van der Waals surface area (Å²) in [5.74, 6) is -0.573. The van der Waals surface area contributed by atoms with E-state index in [-0.39, 0.29) is 23.8 Å². The molecule has 2 rings (SSSR count). The van der Waals surface area contributed by atoms with E-state index in [2.05, 4.69) is 5.32 Å². The molecule has 2 atom stereocenters. The summed E-state index contributed by atoms with van der Waals surface area (Å²) in [4.78, 5) is 13.1. The average Bonchev–Trinajstić information content (AvgIpc) is 2.30. The van der Waals surface area contributed by atoms with Gasteiger partial charge in [-0.25, -0.2) is 4.39 Å². The monoisotopic (exact) mass is 267 g/mol. The van der Waals surface area contributed by atoms with Crippen molar-refractivity contribution < 1.29 is 18.8 Å². The molecule has 19 heavy (non-hydrogen) atoms. The van der Waals surface area contributed by atoms with Gasteiger partial charge in [0.2, 0.25) is 0 Å². The molecule has 0 aromatic heterocycles. The molecule has 1 aliphatic heterocycles. The van der Waals surface area contributed by atoms with E-state index in [1.165, 1.54) is 11.0 Å². The highest BCUT2D eigenvalue weighted by Crippen LogP contribution is 2.11. The van der Waals surface area contributed by atoms with Crippen LogP contribution in [-0.4, -0.2) is 37.7 Å². The number of hydrogen-bond acceptors (Lipinski definition) is 2. The lowest BCUT2D eigenvalue weighted by atomic mass is 10.2. The number of rotatable bonds is 3. The number of benzene rings is 1. The highest BCUT2D eigenvalue weighted by atomic mass is 19.1. The quantitative estimate of drug-likeness (QED) is 0.835. The normalized spacial score (nSPS) is 27.0. The zero-order valence-electron chi connectivity index (χ0n) is 11.3. The zero-order chi connectivity index (χ0) is 13.8. The van der Waals surface area contributed by atoms with Crippen molar-refractivity contribution in [3.05, 3.63) is 30.1 Å². The molecule has 0 radical (unpaired) electrons. The van der Waals surface area contributed by atoms with Crippen LogP contribution in [0.15, 0.2) is 24.3 Å². The Kier molecular flexibility index (Phi) is 4.50. The number of halogens is 1. The number of quaternary nitrogens is 1. The van der Waals surface area contributed by atoms with Crippen molar-refractivity contribution in [2.75, 3.05) is 25.0 Å². The van der Waals surface area contributed by atoms with E-state index in [4.69, 9.17) is 4.74 Å². The number of carbonyl (C=O) groups excluding carboxylic acids is 1. The summed E-state index contributed by atoms with van der Waals surface area (Å²) in [6, 6.07) is 6.19. The first kappa shape index (κ1) is 14.0. The largest absolute Gasteiger partial charge is 0.364 e. The number of morpholine rings is 1. The predicted octanol–water partition coefficient (Wildman–Crippen LogP) is 0.456. The minimum absolute atomic E-state index is 0.153. The number of hydrogen-bond donors (Lipinski definition) is 2. The van der Waals surface area contributed by atoms with Crippen LogP contribution in [0.5, 0.6) is 0 Å². The van der Waals surface area contributed by atoms with Crippen LogP contribution in [-0.2, 0) is 9.53 Å². The minimum atomic E-state index is -0.408. The van der Waals surface area contributed by atoms with Gasteiger partial charge in [0, 0.05) is 0 Å². The van der Waals surface area contributed by atoms with Crippen LogP contribution in [0.4, 0.5) is 10.1 Å². The molecule has 1 heterocycles. The van der Waals surface area contributed by atoms with Crippen LogP contribution in [0.2, 0.25) is 0 Å². The van der Waals surface area contributed by atoms with E-state index < -0.39 is 5.82 Å². The molecule has 5 heteroatoms. The molecule has 0 saturated carbocycles. The number of anilines is 1. The maximum atomic E-state index is 13.4. The van der Waals surface area contributed by atoms with Crippen molar-refractivity contribution in [3.8, 4) is 0 Å². The predicted molar refractivity (Wildman–Crippen MR) is 70.6 cm³/mol. The van der Waals surface area contributed by atoms with Gasteiger partial charge >= 0.3 is 0 Å². The van der Waals surface area contributed by atoms with Crippen LogP contribution >= 0.6 is 0 Å². The third-order valence-corrected chi connectivity index (χ3v) is 3.18. The van der Waals surface area contributed by atoms with Gasteiger partial charge in [-0.1, -0.05) is 12.1 Å². The number of carbonyl (C=O) groups is 1. The van der Waals surface area contributed by atoms with Crippen molar-refractivity contribution in [3.63, 3.8) is 0 Å². The summed E-state index contributed by atoms with van der Waals surface area (Å²) < 4.78 is 19.0. The highest BCUT2D eigenvalue weighted by Gasteiger charge is 2.27. The Labute approximate surface area is 112 Å². The lowest BCUT2D eigenvalue weighted by Gasteiger charge is -2.31. The Hall–Kier alpha value is -1.46. The van der Waals surface area contributed by atoms with Gasteiger partial charge < -0.3 is 15.0 Å². The molecule has 1 aromatic rings. The fraction of sp³-hybridized carbons (Fsp3) is 0.500. The Balaban J connectivity index is 1.89. The van der Waals surface area contributed by atoms with E-state index in [1.807, 2.05) is 13.8 Å². The Morgan fingerprint density at radius 2 is 2.00 bits per heavy atom. The first-order chi connectivity index (χ1) is 9.04.